The number of aromatic hydroxyl groups is 1. The second kappa shape index (κ2) is 6.00. The highest BCUT2D eigenvalue weighted by Crippen LogP contribution is 2.15. The molecular weight excluding hydrogens is 204 g/mol. The van der Waals surface area contributed by atoms with Crippen LogP contribution in [0.1, 0.15) is 26.7 Å². The Morgan fingerprint density at radius 3 is 2.62 bits per heavy atom. The van der Waals surface area contributed by atoms with Crippen LogP contribution in [0.3, 0.4) is 0 Å². The van der Waals surface area contributed by atoms with Crippen molar-refractivity contribution in [2.75, 3.05) is 5.32 Å². The lowest BCUT2D eigenvalue weighted by Crippen LogP contribution is -2.37. The van der Waals surface area contributed by atoms with Crippen LogP contribution in [0, 0.1) is 0 Å². The van der Waals surface area contributed by atoms with Crippen LogP contribution in [0.5, 0.6) is 5.75 Å². The van der Waals surface area contributed by atoms with Crippen LogP contribution in [-0.4, -0.2) is 17.2 Å². The predicted octanol–water partition coefficient (Wildman–Crippen LogP) is 2.70. The fourth-order valence-electron chi connectivity index (χ4n) is 1.43. The van der Waals surface area contributed by atoms with Gasteiger partial charge in [-0.15, -0.1) is 0 Å². The smallest absolute Gasteiger partial charge is 0.319 e. The van der Waals surface area contributed by atoms with Crippen molar-refractivity contribution in [1.82, 2.24) is 5.32 Å². The average molecular weight is 222 g/mol. The van der Waals surface area contributed by atoms with E-state index in [4.69, 9.17) is 0 Å². The number of carbonyl (C=O) groups excluding carboxylic acids is 1. The van der Waals surface area contributed by atoms with Crippen LogP contribution < -0.4 is 10.6 Å². The maximum atomic E-state index is 11.5. The summed E-state index contributed by atoms with van der Waals surface area (Å²) in [4.78, 5) is 11.5. The van der Waals surface area contributed by atoms with Gasteiger partial charge in [-0.2, -0.15) is 0 Å². The molecule has 0 unspecified atom stereocenters. The Balaban J connectivity index is 2.51. The van der Waals surface area contributed by atoms with Gasteiger partial charge in [0.1, 0.15) is 5.75 Å². The van der Waals surface area contributed by atoms with E-state index in [0.29, 0.717) is 5.69 Å². The third-order valence-electron chi connectivity index (χ3n) is 2.42. The summed E-state index contributed by atoms with van der Waals surface area (Å²) in [5.41, 5.74) is 0.587. The first-order chi connectivity index (χ1) is 7.65. The van der Waals surface area contributed by atoms with E-state index in [2.05, 4.69) is 10.6 Å². The molecule has 0 aromatic heterocycles. The largest absolute Gasteiger partial charge is 0.508 e. The SMILES string of the molecule is CCC(CC)NC(=O)Nc1cccc(O)c1. The maximum absolute atomic E-state index is 11.5. The first kappa shape index (κ1) is 12.4. The molecule has 1 aromatic carbocycles. The van der Waals surface area contributed by atoms with Crippen molar-refractivity contribution in [3.8, 4) is 5.75 Å². The molecule has 0 spiro atoms. The van der Waals surface area contributed by atoms with E-state index in [-0.39, 0.29) is 17.8 Å². The monoisotopic (exact) mass is 222 g/mol. The van der Waals surface area contributed by atoms with Crippen LogP contribution in [0.25, 0.3) is 0 Å². The predicted molar refractivity (Wildman–Crippen MR) is 64.6 cm³/mol. The van der Waals surface area contributed by atoms with Gasteiger partial charge in [0.25, 0.3) is 0 Å². The number of anilines is 1. The molecule has 0 aliphatic rings. The van der Waals surface area contributed by atoms with Crippen molar-refractivity contribution in [1.29, 1.82) is 0 Å². The minimum Gasteiger partial charge on any atom is -0.508 e. The highest BCUT2D eigenvalue weighted by atomic mass is 16.3. The number of nitrogens with one attached hydrogen (secondary N) is 2. The summed E-state index contributed by atoms with van der Waals surface area (Å²) in [6.07, 6.45) is 1.81. The van der Waals surface area contributed by atoms with Crippen molar-refractivity contribution < 1.29 is 9.90 Å². The van der Waals surface area contributed by atoms with Crippen LogP contribution in [-0.2, 0) is 0 Å². The number of phenols is 1. The van der Waals surface area contributed by atoms with Gasteiger partial charge in [0.15, 0.2) is 0 Å². The molecule has 0 atom stereocenters. The van der Waals surface area contributed by atoms with Crippen LogP contribution >= 0.6 is 0 Å². The Morgan fingerprint density at radius 2 is 2.06 bits per heavy atom. The topological polar surface area (TPSA) is 61.4 Å². The first-order valence-electron chi connectivity index (χ1n) is 5.52. The van der Waals surface area contributed by atoms with E-state index in [1.807, 2.05) is 13.8 Å². The van der Waals surface area contributed by atoms with Gasteiger partial charge in [-0.05, 0) is 25.0 Å². The summed E-state index contributed by atoms with van der Waals surface area (Å²) in [7, 11) is 0. The van der Waals surface area contributed by atoms with Crippen molar-refractivity contribution in [3.05, 3.63) is 24.3 Å². The van der Waals surface area contributed by atoms with E-state index >= 15 is 0 Å². The molecule has 0 aliphatic heterocycles. The molecule has 16 heavy (non-hydrogen) atoms. The molecule has 0 radical (unpaired) electrons. The zero-order valence-electron chi connectivity index (χ0n) is 9.66. The third-order valence-corrected chi connectivity index (χ3v) is 2.42. The summed E-state index contributed by atoms with van der Waals surface area (Å²) < 4.78 is 0. The number of phenolic OH excluding ortho intramolecular Hbond substituents is 1. The zero-order chi connectivity index (χ0) is 12.0. The van der Waals surface area contributed by atoms with Gasteiger partial charge in [0.05, 0.1) is 0 Å². The van der Waals surface area contributed by atoms with Gasteiger partial charge in [-0.1, -0.05) is 19.9 Å². The highest BCUT2D eigenvalue weighted by molar-refractivity contribution is 5.89. The lowest BCUT2D eigenvalue weighted by molar-refractivity contribution is 0.247. The number of amides is 2. The van der Waals surface area contributed by atoms with Crippen LogP contribution in [0.2, 0.25) is 0 Å². The molecule has 4 heteroatoms. The fourth-order valence-corrected chi connectivity index (χ4v) is 1.43. The molecule has 0 heterocycles. The molecule has 0 saturated carbocycles. The van der Waals surface area contributed by atoms with E-state index in [9.17, 15) is 9.90 Å². The van der Waals surface area contributed by atoms with Crippen LogP contribution in [0.15, 0.2) is 24.3 Å². The molecule has 4 nitrogen and oxygen atoms in total. The second-order valence-corrected chi connectivity index (χ2v) is 3.66. The Hall–Kier alpha value is -1.71. The molecule has 88 valence electrons. The van der Waals surface area contributed by atoms with E-state index < -0.39 is 0 Å². The number of carbonyl (C=O) groups is 1. The molecule has 3 N–H and O–H groups in total. The zero-order valence-corrected chi connectivity index (χ0v) is 9.66. The molecule has 0 saturated heterocycles. The Kier molecular flexibility index (Phi) is 4.64. The summed E-state index contributed by atoms with van der Waals surface area (Å²) in [5, 5.41) is 14.8. The number of urea groups is 1. The lowest BCUT2D eigenvalue weighted by Gasteiger charge is -2.15. The number of hydrogen-bond donors (Lipinski definition) is 3. The maximum Gasteiger partial charge on any atom is 0.319 e. The molecule has 2 amide bonds. The van der Waals surface area contributed by atoms with Gasteiger partial charge < -0.3 is 15.7 Å². The lowest BCUT2D eigenvalue weighted by atomic mass is 10.2. The number of hydrogen-bond acceptors (Lipinski definition) is 2. The van der Waals surface area contributed by atoms with Gasteiger partial charge in [-0.3, -0.25) is 0 Å². The van der Waals surface area contributed by atoms with E-state index in [1.54, 1.807) is 18.2 Å². The molecule has 0 bridgehead atoms. The number of benzene rings is 1. The Morgan fingerprint density at radius 1 is 1.38 bits per heavy atom. The van der Waals surface area contributed by atoms with Gasteiger partial charge in [0, 0.05) is 17.8 Å². The van der Waals surface area contributed by atoms with Gasteiger partial charge in [0.2, 0.25) is 0 Å². The second-order valence-electron chi connectivity index (χ2n) is 3.66. The summed E-state index contributed by atoms with van der Waals surface area (Å²) in [6, 6.07) is 6.43. The summed E-state index contributed by atoms with van der Waals surface area (Å²) >= 11 is 0. The van der Waals surface area contributed by atoms with Crippen molar-refractivity contribution in [2.45, 2.75) is 32.7 Å². The summed E-state index contributed by atoms with van der Waals surface area (Å²) in [5.74, 6) is 0.139. The van der Waals surface area contributed by atoms with Crippen molar-refractivity contribution >= 4 is 11.7 Å². The normalized spacial score (nSPS) is 10.2. The van der Waals surface area contributed by atoms with Gasteiger partial charge >= 0.3 is 6.03 Å². The molecule has 1 aromatic rings. The van der Waals surface area contributed by atoms with Crippen molar-refractivity contribution in [2.24, 2.45) is 0 Å². The minimum atomic E-state index is -0.237. The Labute approximate surface area is 95.7 Å². The molecular formula is C12H18N2O2. The minimum absolute atomic E-state index is 0.139. The fraction of sp³-hybridized carbons (Fsp3) is 0.417. The standard InChI is InChI=1S/C12H18N2O2/c1-3-9(4-2)13-12(16)14-10-6-5-7-11(15)8-10/h5-9,15H,3-4H2,1-2H3,(H2,13,14,16). The number of rotatable bonds is 4. The molecule has 1 rings (SSSR count). The quantitative estimate of drug-likeness (QED) is 0.733. The highest BCUT2D eigenvalue weighted by Gasteiger charge is 2.07. The molecule has 0 aliphatic carbocycles. The summed E-state index contributed by atoms with van der Waals surface area (Å²) in [6.45, 7) is 4.06. The van der Waals surface area contributed by atoms with Crippen molar-refractivity contribution in [3.63, 3.8) is 0 Å². The molecule has 0 fully saturated rings. The van der Waals surface area contributed by atoms with E-state index in [0.717, 1.165) is 12.8 Å². The average Bonchev–Trinajstić information content (AvgIpc) is 2.26. The first-order valence-corrected chi connectivity index (χ1v) is 5.52. The van der Waals surface area contributed by atoms with Crippen LogP contribution in [0.4, 0.5) is 10.5 Å². The Bertz CT molecular complexity index is 349. The third kappa shape index (κ3) is 3.81. The van der Waals surface area contributed by atoms with Gasteiger partial charge in [-0.25, -0.2) is 4.79 Å². The van der Waals surface area contributed by atoms with E-state index in [1.165, 1.54) is 6.07 Å².